The first-order chi connectivity index (χ1) is 15.8. The molecule has 1 fully saturated rings. The highest BCUT2D eigenvalue weighted by atomic mass is 32.2. The first-order valence-electron chi connectivity index (χ1n) is 10.7. The number of anilines is 1. The van der Waals surface area contributed by atoms with E-state index in [0.717, 1.165) is 16.4 Å². The molecule has 1 saturated carbocycles. The van der Waals surface area contributed by atoms with E-state index in [4.69, 9.17) is 4.74 Å². The molecule has 0 N–H and O–H groups in total. The van der Waals surface area contributed by atoms with Crippen molar-refractivity contribution in [1.82, 2.24) is 0 Å². The molecule has 0 aromatic heterocycles. The third kappa shape index (κ3) is 4.06. The average molecular weight is 507 g/mol. The fourth-order valence-electron chi connectivity index (χ4n) is 5.42. The van der Waals surface area contributed by atoms with Crippen molar-refractivity contribution in [1.29, 1.82) is 0 Å². The van der Waals surface area contributed by atoms with E-state index in [2.05, 4.69) is 0 Å². The van der Waals surface area contributed by atoms with Crippen LogP contribution in [0.3, 0.4) is 0 Å². The number of fused-ring (bicyclic) bond motifs is 2. The second-order valence-corrected chi connectivity index (χ2v) is 10.5. The third-order valence-corrected chi connectivity index (χ3v) is 8.73. The maximum Gasteiger partial charge on any atom is 0.416 e. The first kappa shape index (κ1) is 24.8. The highest BCUT2D eigenvalue weighted by Crippen LogP contribution is 2.58. The molecular formula is C23H23F6NO3S. The van der Waals surface area contributed by atoms with Crippen LogP contribution in [0.15, 0.2) is 53.4 Å². The lowest BCUT2D eigenvalue weighted by atomic mass is 9.59. The SMILES string of the molecule is COC1CC2(CCCCC2C(F)(F)F)c2ccccc2N1S(=O)(=O)c1ccc(C(F)(F)F)cc1. The van der Waals surface area contributed by atoms with Gasteiger partial charge in [-0.1, -0.05) is 31.0 Å². The van der Waals surface area contributed by atoms with Gasteiger partial charge in [0.15, 0.2) is 0 Å². The molecule has 1 aliphatic carbocycles. The first-order valence-corrected chi connectivity index (χ1v) is 12.2. The second-order valence-electron chi connectivity index (χ2n) is 8.73. The quantitative estimate of drug-likeness (QED) is 0.461. The van der Waals surface area contributed by atoms with Gasteiger partial charge in [-0.25, -0.2) is 12.7 Å². The number of ether oxygens (including phenoxy) is 1. The molecular weight excluding hydrogens is 484 g/mol. The molecule has 1 spiro atoms. The van der Waals surface area contributed by atoms with E-state index in [0.29, 0.717) is 25.0 Å². The van der Waals surface area contributed by atoms with E-state index < -0.39 is 50.4 Å². The Morgan fingerprint density at radius 1 is 0.971 bits per heavy atom. The number of alkyl halides is 6. The number of methoxy groups -OCH3 is 1. The lowest BCUT2D eigenvalue weighted by Gasteiger charge is -2.52. The number of para-hydroxylation sites is 1. The maximum atomic E-state index is 14.2. The number of benzene rings is 2. The Kier molecular flexibility index (Phi) is 6.17. The molecule has 2 aromatic rings. The van der Waals surface area contributed by atoms with Crippen LogP contribution in [0.4, 0.5) is 32.0 Å². The molecule has 3 atom stereocenters. The van der Waals surface area contributed by atoms with Gasteiger partial charge in [0.25, 0.3) is 10.0 Å². The molecule has 34 heavy (non-hydrogen) atoms. The van der Waals surface area contributed by atoms with E-state index in [1.54, 1.807) is 6.07 Å². The normalized spacial score (nSPS) is 25.9. The Hall–Kier alpha value is -2.27. The Bertz CT molecular complexity index is 1150. The number of hydrogen-bond acceptors (Lipinski definition) is 3. The molecule has 4 nitrogen and oxygen atoms in total. The van der Waals surface area contributed by atoms with Gasteiger partial charge < -0.3 is 4.74 Å². The Morgan fingerprint density at radius 3 is 2.21 bits per heavy atom. The van der Waals surface area contributed by atoms with E-state index in [1.807, 2.05) is 0 Å². The lowest BCUT2D eigenvalue weighted by molar-refractivity contribution is -0.207. The monoisotopic (exact) mass is 507 g/mol. The van der Waals surface area contributed by atoms with E-state index in [1.165, 1.54) is 25.3 Å². The topological polar surface area (TPSA) is 46.6 Å². The van der Waals surface area contributed by atoms with Crippen LogP contribution in [0.2, 0.25) is 0 Å². The minimum absolute atomic E-state index is 0.0525. The van der Waals surface area contributed by atoms with Crippen molar-refractivity contribution < 1.29 is 39.5 Å². The highest BCUT2D eigenvalue weighted by molar-refractivity contribution is 7.92. The summed E-state index contributed by atoms with van der Waals surface area (Å²) in [7, 11) is -3.23. The zero-order valence-corrected chi connectivity index (χ0v) is 19.0. The van der Waals surface area contributed by atoms with Crippen molar-refractivity contribution in [3.05, 3.63) is 59.7 Å². The molecule has 1 heterocycles. The van der Waals surface area contributed by atoms with E-state index in [-0.39, 0.29) is 30.5 Å². The number of hydrogen-bond donors (Lipinski definition) is 0. The summed E-state index contributed by atoms with van der Waals surface area (Å²) in [6, 6.07) is 9.03. The number of nitrogens with zero attached hydrogens (tertiary/aromatic N) is 1. The standard InChI is InChI=1S/C23H23F6NO3S/c1-33-20-14-21(13-5-4-8-19(21)23(27,28)29)17-6-2-3-7-18(17)30(20)34(31,32)16-11-9-15(10-12-16)22(24,25)26/h2-3,6-7,9-12,19-20H,4-5,8,13-14H2,1H3. The number of halogens is 6. The summed E-state index contributed by atoms with van der Waals surface area (Å²) < 4.78 is 115. The smallest absolute Gasteiger partial charge is 0.360 e. The Balaban J connectivity index is 1.86. The predicted octanol–water partition coefficient (Wildman–Crippen LogP) is 6.27. The van der Waals surface area contributed by atoms with Crippen LogP contribution in [0.25, 0.3) is 0 Å². The lowest BCUT2D eigenvalue weighted by Crippen LogP contribution is -2.56. The van der Waals surface area contributed by atoms with E-state index in [9.17, 15) is 34.8 Å². The van der Waals surface area contributed by atoms with Gasteiger partial charge in [0, 0.05) is 18.9 Å². The van der Waals surface area contributed by atoms with Gasteiger partial charge in [-0.3, -0.25) is 0 Å². The molecule has 4 rings (SSSR count). The van der Waals surface area contributed by atoms with E-state index >= 15 is 0 Å². The van der Waals surface area contributed by atoms with Gasteiger partial charge in [0.05, 0.1) is 22.1 Å². The summed E-state index contributed by atoms with van der Waals surface area (Å²) in [5.41, 5.74) is -2.06. The Morgan fingerprint density at radius 2 is 1.62 bits per heavy atom. The largest absolute Gasteiger partial charge is 0.416 e. The minimum Gasteiger partial charge on any atom is -0.360 e. The molecule has 0 radical (unpaired) electrons. The van der Waals surface area contributed by atoms with Crippen LogP contribution in [-0.2, 0) is 26.4 Å². The van der Waals surface area contributed by atoms with Crippen LogP contribution in [0.5, 0.6) is 0 Å². The van der Waals surface area contributed by atoms with Crippen LogP contribution in [0.1, 0.15) is 43.2 Å². The summed E-state index contributed by atoms with van der Waals surface area (Å²) in [6.07, 6.45) is -9.48. The van der Waals surface area contributed by atoms with Gasteiger partial charge in [-0.15, -0.1) is 0 Å². The van der Waals surface area contributed by atoms with Crippen molar-refractivity contribution in [2.45, 2.75) is 61.0 Å². The van der Waals surface area contributed by atoms with Gasteiger partial charge in [-0.05, 0) is 48.7 Å². The Labute approximate surface area is 193 Å². The van der Waals surface area contributed by atoms with Crippen molar-refractivity contribution in [3.63, 3.8) is 0 Å². The molecule has 0 saturated heterocycles. The molecule has 2 aliphatic rings. The molecule has 2 aromatic carbocycles. The van der Waals surface area contributed by atoms with Crippen molar-refractivity contribution in [3.8, 4) is 0 Å². The third-order valence-electron chi connectivity index (χ3n) is 6.92. The predicted molar refractivity (Wildman–Crippen MR) is 113 cm³/mol. The van der Waals surface area contributed by atoms with Crippen LogP contribution in [0, 0.1) is 5.92 Å². The second kappa shape index (κ2) is 8.44. The van der Waals surface area contributed by atoms with Gasteiger partial charge in [0.1, 0.15) is 6.23 Å². The summed E-state index contributed by atoms with van der Waals surface area (Å²) in [4.78, 5) is -0.413. The molecule has 0 amide bonds. The molecule has 3 unspecified atom stereocenters. The van der Waals surface area contributed by atoms with Gasteiger partial charge in [0.2, 0.25) is 0 Å². The zero-order chi connectivity index (χ0) is 24.9. The van der Waals surface area contributed by atoms with Crippen molar-refractivity contribution >= 4 is 15.7 Å². The van der Waals surface area contributed by atoms with Crippen molar-refractivity contribution in [2.75, 3.05) is 11.4 Å². The van der Waals surface area contributed by atoms with Crippen LogP contribution < -0.4 is 4.31 Å². The number of sulfonamides is 1. The van der Waals surface area contributed by atoms with Gasteiger partial charge in [-0.2, -0.15) is 26.3 Å². The molecule has 0 bridgehead atoms. The van der Waals surface area contributed by atoms with Crippen LogP contribution >= 0.6 is 0 Å². The van der Waals surface area contributed by atoms with Crippen LogP contribution in [-0.4, -0.2) is 27.9 Å². The summed E-state index contributed by atoms with van der Waals surface area (Å²) in [6.45, 7) is 0. The zero-order valence-electron chi connectivity index (χ0n) is 18.2. The highest BCUT2D eigenvalue weighted by Gasteiger charge is 2.59. The average Bonchev–Trinajstić information content (AvgIpc) is 2.78. The summed E-state index contributed by atoms with van der Waals surface area (Å²) >= 11 is 0. The van der Waals surface area contributed by atoms with Crippen molar-refractivity contribution in [2.24, 2.45) is 5.92 Å². The molecule has 1 aliphatic heterocycles. The van der Waals surface area contributed by atoms with Gasteiger partial charge >= 0.3 is 12.4 Å². The molecule has 186 valence electrons. The maximum absolute atomic E-state index is 14.2. The summed E-state index contributed by atoms with van der Waals surface area (Å²) in [5.74, 6) is -1.66. The number of rotatable bonds is 3. The molecule has 11 heteroatoms. The minimum atomic E-state index is -4.64. The fourth-order valence-corrected chi connectivity index (χ4v) is 7.02. The fraction of sp³-hybridized carbons (Fsp3) is 0.478. The summed E-state index contributed by atoms with van der Waals surface area (Å²) in [5, 5.41) is 0.